The van der Waals surface area contributed by atoms with Crippen LogP contribution in [0, 0.1) is 11.7 Å². The molecule has 0 saturated heterocycles. The number of amides is 1. The van der Waals surface area contributed by atoms with Gasteiger partial charge < -0.3 is 20.3 Å². The molecule has 3 N–H and O–H groups in total. The Kier molecular flexibility index (Phi) is 7.04. The number of halogens is 4. The zero-order valence-electron chi connectivity index (χ0n) is 18.1. The molecule has 0 radical (unpaired) electrons. The normalized spacial score (nSPS) is 21.6. The van der Waals surface area contributed by atoms with Crippen LogP contribution >= 0.6 is 0 Å². The van der Waals surface area contributed by atoms with E-state index < -0.39 is 29.6 Å². The molecule has 1 aromatic carbocycles. The second kappa shape index (κ2) is 9.80. The van der Waals surface area contributed by atoms with Crippen molar-refractivity contribution in [2.45, 2.75) is 69.8 Å². The molecule has 10 heteroatoms. The van der Waals surface area contributed by atoms with Crippen LogP contribution in [-0.2, 0) is 12.7 Å². The van der Waals surface area contributed by atoms with Gasteiger partial charge in [0.2, 0.25) is 0 Å². The summed E-state index contributed by atoms with van der Waals surface area (Å²) in [7, 11) is 0. The zero-order chi connectivity index (χ0) is 23.6. The molecule has 1 amide bonds. The highest BCUT2D eigenvalue weighted by Gasteiger charge is 2.35. The molecule has 1 aromatic heterocycles. The molecular weight excluding hydrogens is 442 g/mol. The van der Waals surface area contributed by atoms with Crippen LogP contribution < -0.4 is 10.6 Å². The van der Waals surface area contributed by atoms with E-state index in [1.54, 1.807) is 0 Å². The predicted octanol–water partition coefficient (Wildman–Crippen LogP) is 4.42. The van der Waals surface area contributed by atoms with Crippen LogP contribution in [0.5, 0.6) is 0 Å². The maximum absolute atomic E-state index is 14.2. The molecule has 2 fully saturated rings. The number of rotatable bonds is 7. The molecule has 2 aliphatic rings. The number of aliphatic hydroxyl groups excluding tert-OH is 1. The van der Waals surface area contributed by atoms with Crippen LogP contribution in [0.3, 0.4) is 0 Å². The number of alkyl halides is 3. The van der Waals surface area contributed by atoms with Crippen molar-refractivity contribution in [1.82, 2.24) is 15.8 Å². The molecule has 2 unspecified atom stereocenters. The second-order valence-corrected chi connectivity index (χ2v) is 8.95. The Morgan fingerprint density at radius 1 is 1.18 bits per heavy atom. The van der Waals surface area contributed by atoms with Gasteiger partial charge in [0.1, 0.15) is 5.82 Å². The van der Waals surface area contributed by atoms with E-state index in [-0.39, 0.29) is 29.6 Å². The lowest BCUT2D eigenvalue weighted by Crippen LogP contribution is -2.40. The third-order valence-electron chi connectivity index (χ3n) is 6.48. The first kappa shape index (κ1) is 23.7. The van der Waals surface area contributed by atoms with Gasteiger partial charge in [-0.1, -0.05) is 17.6 Å². The van der Waals surface area contributed by atoms with Crippen molar-refractivity contribution in [3.63, 3.8) is 0 Å². The molecule has 2 atom stereocenters. The number of carbonyl (C=O) groups is 1. The van der Waals surface area contributed by atoms with E-state index >= 15 is 0 Å². The molecule has 2 saturated carbocycles. The summed E-state index contributed by atoms with van der Waals surface area (Å²) < 4.78 is 58.4. The minimum absolute atomic E-state index is 0.00600. The molecule has 4 rings (SSSR count). The maximum Gasteiger partial charge on any atom is 0.419 e. The number of carbonyl (C=O) groups excluding carboxylic acids is 1. The molecule has 0 spiro atoms. The largest absolute Gasteiger partial charge is 0.419 e. The minimum Gasteiger partial charge on any atom is -0.393 e. The maximum atomic E-state index is 14.2. The molecule has 0 aliphatic heterocycles. The summed E-state index contributed by atoms with van der Waals surface area (Å²) in [5, 5.41) is 19.9. The molecule has 33 heavy (non-hydrogen) atoms. The predicted molar refractivity (Wildman–Crippen MR) is 112 cm³/mol. The van der Waals surface area contributed by atoms with Gasteiger partial charge in [-0.05, 0) is 63.1 Å². The summed E-state index contributed by atoms with van der Waals surface area (Å²) >= 11 is 0. The lowest BCUT2D eigenvalue weighted by molar-refractivity contribution is -0.139. The van der Waals surface area contributed by atoms with Crippen molar-refractivity contribution in [3.05, 3.63) is 40.8 Å². The number of aliphatic hydroxyl groups is 1. The first-order valence-electron chi connectivity index (χ1n) is 11.3. The van der Waals surface area contributed by atoms with Gasteiger partial charge in [0.05, 0.1) is 11.7 Å². The summed E-state index contributed by atoms with van der Waals surface area (Å²) in [6.07, 6.45) is 0.769. The van der Waals surface area contributed by atoms with Crippen LogP contribution in [0.1, 0.15) is 66.6 Å². The van der Waals surface area contributed by atoms with E-state index in [1.807, 2.05) is 0 Å². The quantitative estimate of drug-likeness (QED) is 0.523. The van der Waals surface area contributed by atoms with Crippen molar-refractivity contribution in [3.8, 4) is 11.3 Å². The summed E-state index contributed by atoms with van der Waals surface area (Å²) in [4.78, 5) is 12.9. The minimum atomic E-state index is -4.81. The van der Waals surface area contributed by atoms with Gasteiger partial charge in [-0.2, -0.15) is 13.2 Å². The first-order valence-corrected chi connectivity index (χ1v) is 11.3. The number of nitrogens with one attached hydrogen (secondary N) is 2. The highest BCUT2D eigenvalue weighted by molar-refractivity contribution is 5.95. The van der Waals surface area contributed by atoms with E-state index in [1.165, 1.54) is 6.42 Å². The van der Waals surface area contributed by atoms with Crippen molar-refractivity contribution in [2.75, 3.05) is 6.54 Å². The van der Waals surface area contributed by atoms with E-state index in [2.05, 4.69) is 15.8 Å². The number of hydrogen-bond donors (Lipinski definition) is 3. The second-order valence-electron chi connectivity index (χ2n) is 8.95. The van der Waals surface area contributed by atoms with Gasteiger partial charge in [0, 0.05) is 23.7 Å². The summed E-state index contributed by atoms with van der Waals surface area (Å²) in [6, 6.07) is 2.31. The Balaban J connectivity index is 1.58. The Hall–Kier alpha value is -2.46. The number of aromatic nitrogens is 1. The molecule has 2 aliphatic carbocycles. The third kappa shape index (κ3) is 5.55. The molecule has 180 valence electrons. The van der Waals surface area contributed by atoms with Crippen LogP contribution in [0.25, 0.3) is 11.3 Å². The monoisotopic (exact) mass is 469 g/mol. The highest BCUT2D eigenvalue weighted by atomic mass is 19.4. The van der Waals surface area contributed by atoms with Gasteiger partial charge in [-0.3, -0.25) is 4.79 Å². The third-order valence-corrected chi connectivity index (χ3v) is 6.48. The summed E-state index contributed by atoms with van der Waals surface area (Å²) in [5.74, 6) is -1.32. The average Bonchev–Trinajstić information content (AvgIpc) is 3.12. The number of benzene rings is 1. The van der Waals surface area contributed by atoms with Crippen LogP contribution in [0.2, 0.25) is 0 Å². The Morgan fingerprint density at radius 2 is 1.94 bits per heavy atom. The topological polar surface area (TPSA) is 87.4 Å². The smallest absolute Gasteiger partial charge is 0.393 e. The molecule has 6 nitrogen and oxygen atoms in total. The van der Waals surface area contributed by atoms with Crippen LogP contribution in [-0.4, -0.2) is 34.9 Å². The van der Waals surface area contributed by atoms with Crippen molar-refractivity contribution in [2.24, 2.45) is 5.92 Å². The van der Waals surface area contributed by atoms with E-state index in [0.29, 0.717) is 30.4 Å². The van der Waals surface area contributed by atoms with Gasteiger partial charge in [0.15, 0.2) is 11.5 Å². The summed E-state index contributed by atoms with van der Waals surface area (Å²) in [5.41, 5.74) is -0.932. The van der Waals surface area contributed by atoms with Crippen LogP contribution in [0.15, 0.2) is 22.7 Å². The lowest BCUT2D eigenvalue weighted by atomic mass is 9.85. The lowest BCUT2D eigenvalue weighted by Gasteiger charge is -2.26. The number of nitrogens with zero attached hydrogens (tertiary/aromatic N) is 1. The fraction of sp³-hybridized carbons (Fsp3) is 0.565. The first-order chi connectivity index (χ1) is 15.7. The van der Waals surface area contributed by atoms with Gasteiger partial charge in [-0.15, -0.1) is 0 Å². The Labute approximate surface area is 188 Å². The van der Waals surface area contributed by atoms with Gasteiger partial charge in [0.25, 0.3) is 5.91 Å². The van der Waals surface area contributed by atoms with E-state index in [4.69, 9.17) is 4.52 Å². The van der Waals surface area contributed by atoms with Crippen LogP contribution in [0.4, 0.5) is 17.6 Å². The Morgan fingerprint density at radius 3 is 2.58 bits per heavy atom. The molecule has 0 bridgehead atoms. The van der Waals surface area contributed by atoms with Crippen molar-refractivity contribution >= 4 is 5.91 Å². The standard InChI is InChI=1S/C23H27F4N3O3/c24-19-9-14(7-8-18(19)23(25,26)27)21-17(12-28-11-13-3-1-4-13)20(30-33-21)22(32)29-15-5-2-6-16(31)10-15/h7-9,13,15-16,28,31H,1-6,10-12H2,(H,29,32). The Bertz CT molecular complexity index is 988. The highest BCUT2D eigenvalue weighted by Crippen LogP contribution is 2.35. The van der Waals surface area contributed by atoms with E-state index in [0.717, 1.165) is 44.4 Å². The molecule has 2 aromatic rings. The SMILES string of the molecule is O=C(NC1CCCC(O)C1)c1noc(-c2ccc(C(F)(F)F)c(F)c2)c1CNCC1CCC1. The fourth-order valence-corrected chi connectivity index (χ4v) is 4.41. The molecule has 1 heterocycles. The van der Waals surface area contributed by atoms with Crippen molar-refractivity contribution < 1.29 is 32.0 Å². The zero-order valence-corrected chi connectivity index (χ0v) is 18.1. The summed E-state index contributed by atoms with van der Waals surface area (Å²) in [6.45, 7) is 0.926. The average molecular weight is 469 g/mol. The van der Waals surface area contributed by atoms with Gasteiger partial charge in [-0.25, -0.2) is 4.39 Å². The molecular formula is C23H27F4N3O3. The van der Waals surface area contributed by atoms with E-state index in [9.17, 15) is 27.5 Å². The fourth-order valence-electron chi connectivity index (χ4n) is 4.41. The van der Waals surface area contributed by atoms with Crippen molar-refractivity contribution in [1.29, 1.82) is 0 Å². The number of hydrogen-bond acceptors (Lipinski definition) is 5. The van der Waals surface area contributed by atoms with Gasteiger partial charge >= 0.3 is 6.18 Å².